The van der Waals surface area contributed by atoms with Crippen molar-refractivity contribution in [1.29, 1.82) is 0 Å². The second kappa shape index (κ2) is 8.47. The van der Waals surface area contributed by atoms with Crippen LogP contribution in [0.15, 0.2) is 48.5 Å². The van der Waals surface area contributed by atoms with Gasteiger partial charge in [-0.3, -0.25) is 4.79 Å². The summed E-state index contributed by atoms with van der Waals surface area (Å²) in [5.74, 6) is 2.35. The number of carbonyl (C=O) groups excluding carboxylic acids is 1. The van der Waals surface area contributed by atoms with Gasteiger partial charge in [0.25, 0.3) is 5.91 Å². The van der Waals surface area contributed by atoms with Crippen LogP contribution in [0.4, 0.5) is 0 Å². The summed E-state index contributed by atoms with van der Waals surface area (Å²) in [6.07, 6.45) is 2.03. The molecular weight excluding hydrogens is 368 g/mol. The van der Waals surface area contributed by atoms with E-state index >= 15 is 0 Å². The van der Waals surface area contributed by atoms with E-state index in [-0.39, 0.29) is 18.4 Å². The van der Waals surface area contributed by atoms with E-state index in [1.54, 1.807) is 14.2 Å². The number of likely N-dealkylation sites (tertiary alicyclic amines) is 1. The van der Waals surface area contributed by atoms with Crippen molar-refractivity contribution >= 4 is 16.8 Å². The first-order chi connectivity index (χ1) is 14.2. The summed E-state index contributed by atoms with van der Waals surface area (Å²) < 4.78 is 16.3. The lowest BCUT2D eigenvalue weighted by Gasteiger charge is -2.32. The van der Waals surface area contributed by atoms with E-state index in [2.05, 4.69) is 11.1 Å². The largest absolute Gasteiger partial charge is 0.497 e. The third-order valence-corrected chi connectivity index (χ3v) is 5.48. The number of hydrogen-bond acceptors (Lipinski definition) is 4. The van der Waals surface area contributed by atoms with E-state index < -0.39 is 0 Å². The number of aromatic amines is 1. The molecule has 6 heteroatoms. The number of aromatic nitrogens is 1. The number of carbonyl (C=O) groups is 1. The van der Waals surface area contributed by atoms with Gasteiger partial charge in [-0.05, 0) is 49.2 Å². The maximum Gasteiger partial charge on any atom is 0.260 e. The van der Waals surface area contributed by atoms with Gasteiger partial charge in [0.05, 0.1) is 14.2 Å². The lowest BCUT2D eigenvalue weighted by atomic mass is 9.94. The quantitative estimate of drug-likeness (QED) is 0.687. The molecule has 2 aromatic carbocycles. The fourth-order valence-electron chi connectivity index (χ4n) is 3.91. The number of nitrogens with one attached hydrogen (secondary N) is 1. The monoisotopic (exact) mass is 394 g/mol. The fourth-order valence-corrected chi connectivity index (χ4v) is 3.91. The highest BCUT2D eigenvalue weighted by Crippen LogP contribution is 2.31. The van der Waals surface area contributed by atoms with Gasteiger partial charge < -0.3 is 24.1 Å². The van der Waals surface area contributed by atoms with Crippen LogP contribution in [0, 0.1) is 0 Å². The number of H-pyrrole nitrogens is 1. The number of para-hydroxylation sites is 2. The van der Waals surface area contributed by atoms with E-state index in [1.165, 1.54) is 0 Å². The van der Waals surface area contributed by atoms with Crippen LogP contribution in [0.1, 0.15) is 24.5 Å². The second-order valence-electron chi connectivity index (χ2n) is 7.30. The second-order valence-corrected chi connectivity index (χ2v) is 7.30. The summed E-state index contributed by atoms with van der Waals surface area (Å²) in [6.45, 7) is 1.47. The van der Waals surface area contributed by atoms with E-state index in [1.807, 2.05) is 47.4 Å². The van der Waals surface area contributed by atoms with Crippen molar-refractivity contribution in [2.24, 2.45) is 0 Å². The molecule has 4 rings (SSSR count). The summed E-state index contributed by atoms with van der Waals surface area (Å²) in [5.41, 5.74) is 2.25. The predicted molar refractivity (Wildman–Crippen MR) is 112 cm³/mol. The van der Waals surface area contributed by atoms with Crippen LogP contribution < -0.4 is 14.2 Å². The number of piperidine rings is 1. The van der Waals surface area contributed by atoms with Crippen LogP contribution >= 0.6 is 0 Å². The third kappa shape index (κ3) is 4.16. The lowest BCUT2D eigenvalue weighted by Crippen LogP contribution is -2.41. The molecule has 3 aromatic rings. The van der Waals surface area contributed by atoms with Crippen molar-refractivity contribution in [3.8, 4) is 17.2 Å². The molecule has 1 saturated heterocycles. The number of ether oxygens (including phenoxy) is 3. The molecule has 1 aromatic heterocycles. The Bertz CT molecular complexity index is 997. The first-order valence-corrected chi connectivity index (χ1v) is 9.88. The van der Waals surface area contributed by atoms with Gasteiger partial charge in [-0.25, -0.2) is 0 Å². The van der Waals surface area contributed by atoms with Crippen molar-refractivity contribution in [3.63, 3.8) is 0 Å². The van der Waals surface area contributed by atoms with Gasteiger partial charge >= 0.3 is 0 Å². The highest BCUT2D eigenvalue weighted by molar-refractivity contribution is 5.82. The van der Waals surface area contributed by atoms with Crippen LogP contribution in [-0.2, 0) is 4.79 Å². The molecule has 1 amide bonds. The Balaban J connectivity index is 1.42. The molecule has 152 valence electrons. The van der Waals surface area contributed by atoms with Gasteiger partial charge in [0.2, 0.25) is 0 Å². The Hall–Kier alpha value is -3.15. The molecule has 0 radical (unpaired) electrons. The van der Waals surface area contributed by atoms with Crippen LogP contribution in [-0.4, -0.2) is 49.7 Å². The van der Waals surface area contributed by atoms with Gasteiger partial charge in [0.15, 0.2) is 18.1 Å². The Kier molecular flexibility index (Phi) is 5.60. The zero-order valence-electron chi connectivity index (χ0n) is 16.8. The van der Waals surface area contributed by atoms with Gasteiger partial charge in [-0.1, -0.05) is 12.1 Å². The predicted octanol–water partition coefficient (Wildman–Crippen LogP) is 3.97. The number of nitrogens with zero attached hydrogens (tertiary/aromatic N) is 1. The molecule has 6 nitrogen and oxygen atoms in total. The van der Waals surface area contributed by atoms with Gasteiger partial charge in [0.1, 0.15) is 5.75 Å². The molecule has 0 bridgehead atoms. The third-order valence-electron chi connectivity index (χ3n) is 5.48. The summed E-state index contributed by atoms with van der Waals surface area (Å²) in [4.78, 5) is 18.1. The summed E-state index contributed by atoms with van der Waals surface area (Å²) in [6, 6.07) is 15.6. The molecule has 2 heterocycles. The molecule has 0 aliphatic carbocycles. The summed E-state index contributed by atoms with van der Waals surface area (Å²) in [5, 5.41) is 1.13. The van der Waals surface area contributed by atoms with Gasteiger partial charge in [-0.15, -0.1) is 0 Å². The Labute approximate surface area is 170 Å². The maximum atomic E-state index is 12.7. The summed E-state index contributed by atoms with van der Waals surface area (Å²) in [7, 11) is 3.27. The number of methoxy groups -OCH3 is 2. The molecule has 0 saturated carbocycles. The normalized spacial score (nSPS) is 16.6. The van der Waals surface area contributed by atoms with Crippen molar-refractivity contribution < 1.29 is 19.0 Å². The SMILES string of the molecule is COc1ccc2[nH]c(C3CCCN(C(=O)COc4ccccc4OC)C3)cc2c1. The van der Waals surface area contributed by atoms with Crippen LogP contribution in [0.3, 0.4) is 0 Å². The molecule has 0 spiro atoms. The van der Waals surface area contributed by atoms with Crippen LogP contribution in [0.25, 0.3) is 10.9 Å². The Morgan fingerprint density at radius 2 is 1.93 bits per heavy atom. The van der Waals surface area contributed by atoms with E-state index in [0.717, 1.165) is 41.7 Å². The molecular formula is C23H26N2O4. The topological polar surface area (TPSA) is 63.8 Å². The highest BCUT2D eigenvalue weighted by atomic mass is 16.5. The van der Waals surface area contributed by atoms with E-state index in [4.69, 9.17) is 14.2 Å². The molecule has 1 aliphatic rings. The molecule has 1 unspecified atom stereocenters. The van der Waals surface area contributed by atoms with Crippen molar-refractivity contribution in [2.45, 2.75) is 18.8 Å². The first kappa shape index (κ1) is 19.2. The van der Waals surface area contributed by atoms with Crippen LogP contribution in [0.5, 0.6) is 17.2 Å². The number of benzene rings is 2. The minimum atomic E-state index is -0.00149. The smallest absolute Gasteiger partial charge is 0.260 e. The number of fused-ring (bicyclic) bond motifs is 1. The molecule has 1 aliphatic heterocycles. The van der Waals surface area contributed by atoms with Crippen molar-refractivity contribution in [3.05, 3.63) is 54.2 Å². The molecule has 1 N–H and O–H groups in total. The number of rotatable bonds is 6. The number of amides is 1. The van der Waals surface area contributed by atoms with E-state index in [0.29, 0.717) is 18.0 Å². The van der Waals surface area contributed by atoms with E-state index in [9.17, 15) is 4.79 Å². The number of hydrogen-bond donors (Lipinski definition) is 1. The van der Waals surface area contributed by atoms with Gasteiger partial charge in [-0.2, -0.15) is 0 Å². The minimum absolute atomic E-state index is 0.00149. The van der Waals surface area contributed by atoms with Crippen LogP contribution in [0.2, 0.25) is 0 Å². The lowest BCUT2D eigenvalue weighted by molar-refractivity contribution is -0.134. The standard InChI is InChI=1S/C23H26N2O4/c1-27-18-9-10-19-17(12-18)13-20(24-19)16-6-5-11-25(14-16)23(26)15-29-22-8-4-3-7-21(22)28-2/h3-4,7-10,12-13,16,24H,5-6,11,14-15H2,1-2H3. The minimum Gasteiger partial charge on any atom is -0.497 e. The molecule has 29 heavy (non-hydrogen) atoms. The fraction of sp³-hybridized carbons (Fsp3) is 0.348. The average Bonchev–Trinajstić information content (AvgIpc) is 3.21. The Morgan fingerprint density at radius 3 is 2.72 bits per heavy atom. The zero-order valence-corrected chi connectivity index (χ0v) is 16.8. The zero-order chi connectivity index (χ0) is 20.2. The highest BCUT2D eigenvalue weighted by Gasteiger charge is 2.26. The van der Waals surface area contributed by atoms with Crippen molar-refractivity contribution in [2.75, 3.05) is 33.9 Å². The maximum absolute atomic E-state index is 12.7. The average molecular weight is 394 g/mol. The van der Waals surface area contributed by atoms with Gasteiger partial charge in [0, 0.05) is 35.6 Å². The molecule has 1 atom stereocenters. The first-order valence-electron chi connectivity index (χ1n) is 9.88. The van der Waals surface area contributed by atoms with Crippen molar-refractivity contribution in [1.82, 2.24) is 9.88 Å². The Morgan fingerprint density at radius 1 is 1.10 bits per heavy atom. The summed E-state index contributed by atoms with van der Waals surface area (Å²) >= 11 is 0. The molecule has 1 fully saturated rings.